The lowest BCUT2D eigenvalue weighted by Crippen LogP contribution is -1.97. The number of fused-ring (bicyclic) bond motifs is 3. The van der Waals surface area contributed by atoms with E-state index in [4.69, 9.17) is 4.98 Å². The molecule has 4 aromatic rings. The zero-order chi connectivity index (χ0) is 15.3. The fraction of sp³-hybridized carbons (Fsp3) is 0.150. The van der Waals surface area contributed by atoms with Gasteiger partial charge in [0.1, 0.15) is 0 Å². The fourth-order valence-corrected chi connectivity index (χ4v) is 3.39. The summed E-state index contributed by atoms with van der Waals surface area (Å²) < 4.78 is 2.29. The Morgan fingerprint density at radius 1 is 0.818 bits per heavy atom. The molecular formula is C20H18N2. The van der Waals surface area contributed by atoms with E-state index in [9.17, 15) is 0 Å². The summed E-state index contributed by atoms with van der Waals surface area (Å²) in [5.41, 5.74) is 5.92. The summed E-state index contributed by atoms with van der Waals surface area (Å²) >= 11 is 0. The Balaban J connectivity index is 2.15. The smallest absolute Gasteiger partial charge is 0.0712 e. The highest BCUT2D eigenvalue weighted by atomic mass is 15.0. The predicted octanol–water partition coefficient (Wildman–Crippen LogP) is 5.10. The van der Waals surface area contributed by atoms with Gasteiger partial charge in [-0.15, -0.1) is 0 Å². The minimum absolute atomic E-state index is 1.06. The van der Waals surface area contributed by atoms with Gasteiger partial charge in [-0.2, -0.15) is 0 Å². The standard InChI is InChI=1S/C20H18N2/c1-13-8-4-7-11-19(13)22-12-17-16-9-5-6-10-18(16)21-14(2)20(17)15(22)3/h4-12H,1-3H3. The molecule has 0 radical (unpaired) electrons. The first kappa shape index (κ1) is 13.1. The third kappa shape index (κ3) is 1.77. The average Bonchev–Trinajstić information content (AvgIpc) is 2.86. The molecule has 0 aliphatic carbocycles. The summed E-state index contributed by atoms with van der Waals surface area (Å²) in [6.45, 7) is 6.44. The second-order valence-electron chi connectivity index (χ2n) is 5.87. The molecule has 2 aromatic heterocycles. The summed E-state index contributed by atoms with van der Waals surface area (Å²) in [4.78, 5) is 4.78. The van der Waals surface area contributed by atoms with Crippen LogP contribution < -0.4 is 0 Å². The first-order valence-corrected chi connectivity index (χ1v) is 7.60. The summed E-state index contributed by atoms with van der Waals surface area (Å²) in [6, 6.07) is 16.9. The van der Waals surface area contributed by atoms with Crippen LogP contribution in [0.3, 0.4) is 0 Å². The lowest BCUT2D eigenvalue weighted by Gasteiger charge is -2.09. The molecule has 0 bridgehead atoms. The van der Waals surface area contributed by atoms with E-state index in [0.717, 1.165) is 11.2 Å². The number of nitrogens with zero attached hydrogens (tertiary/aromatic N) is 2. The largest absolute Gasteiger partial charge is 0.320 e. The van der Waals surface area contributed by atoms with Gasteiger partial charge in [-0.1, -0.05) is 36.4 Å². The van der Waals surface area contributed by atoms with Crippen molar-refractivity contribution in [2.45, 2.75) is 20.8 Å². The molecular weight excluding hydrogens is 268 g/mol. The van der Waals surface area contributed by atoms with Gasteiger partial charge in [0.2, 0.25) is 0 Å². The summed E-state index contributed by atoms with van der Waals surface area (Å²) in [5.74, 6) is 0. The van der Waals surface area contributed by atoms with Crippen LogP contribution in [0.15, 0.2) is 54.7 Å². The van der Waals surface area contributed by atoms with Crippen molar-refractivity contribution in [2.75, 3.05) is 0 Å². The SMILES string of the molecule is Cc1ccccc1-n1cc2c(c(C)nc3ccccc32)c1C. The number of para-hydroxylation sites is 2. The zero-order valence-corrected chi connectivity index (χ0v) is 13.1. The number of pyridine rings is 1. The van der Waals surface area contributed by atoms with Gasteiger partial charge < -0.3 is 4.57 Å². The molecule has 0 amide bonds. The lowest BCUT2D eigenvalue weighted by molar-refractivity contribution is 1.01. The van der Waals surface area contributed by atoms with Crippen molar-refractivity contribution >= 4 is 21.7 Å². The van der Waals surface area contributed by atoms with Gasteiger partial charge in [0.05, 0.1) is 5.52 Å². The van der Waals surface area contributed by atoms with Crippen LogP contribution in [-0.4, -0.2) is 9.55 Å². The quantitative estimate of drug-likeness (QED) is 0.476. The van der Waals surface area contributed by atoms with E-state index in [1.807, 2.05) is 6.07 Å². The maximum absolute atomic E-state index is 4.78. The van der Waals surface area contributed by atoms with Crippen molar-refractivity contribution in [1.29, 1.82) is 0 Å². The molecule has 0 aliphatic heterocycles. The Labute approximate surface area is 130 Å². The van der Waals surface area contributed by atoms with Crippen molar-refractivity contribution < 1.29 is 0 Å². The molecule has 0 atom stereocenters. The van der Waals surface area contributed by atoms with Gasteiger partial charge in [-0.3, -0.25) is 4.98 Å². The minimum atomic E-state index is 1.06. The molecule has 0 saturated heterocycles. The van der Waals surface area contributed by atoms with Gasteiger partial charge in [0.25, 0.3) is 0 Å². The molecule has 2 heteroatoms. The predicted molar refractivity (Wildman–Crippen MR) is 92.8 cm³/mol. The molecule has 0 N–H and O–H groups in total. The molecule has 0 spiro atoms. The van der Waals surface area contributed by atoms with Gasteiger partial charge in [0, 0.05) is 39.4 Å². The van der Waals surface area contributed by atoms with Crippen LogP contribution >= 0.6 is 0 Å². The number of aryl methyl sites for hydroxylation is 3. The van der Waals surface area contributed by atoms with Crippen LogP contribution in [0.25, 0.3) is 27.4 Å². The van der Waals surface area contributed by atoms with Crippen LogP contribution in [0.4, 0.5) is 0 Å². The number of benzene rings is 2. The van der Waals surface area contributed by atoms with Crippen molar-refractivity contribution in [2.24, 2.45) is 0 Å². The van der Waals surface area contributed by atoms with Crippen LogP contribution in [-0.2, 0) is 0 Å². The Kier molecular flexibility index (Phi) is 2.80. The van der Waals surface area contributed by atoms with Crippen molar-refractivity contribution in [3.8, 4) is 5.69 Å². The molecule has 2 heterocycles. The van der Waals surface area contributed by atoms with E-state index in [2.05, 4.69) is 74.0 Å². The van der Waals surface area contributed by atoms with Crippen LogP contribution in [0, 0.1) is 20.8 Å². The fourth-order valence-electron chi connectivity index (χ4n) is 3.39. The number of aromatic nitrogens is 2. The van der Waals surface area contributed by atoms with Gasteiger partial charge in [-0.05, 0) is 38.5 Å². The van der Waals surface area contributed by atoms with Gasteiger partial charge in [-0.25, -0.2) is 0 Å². The minimum Gasteiger partial charge on any atom is -0.320 e. The van der Waals surface area contributed by atoms with E-state index in [1.54, 1.807) is 0 Å². The highest BCUT2D eigenvalue weighted by molar-refractivity contribution is 6.08. The van der Waals surface area contributed by atoms with Crippen LogP contribution in [0.2, 0.25) is 0 Å². The van der Waals surface area contributed by atoms with Crippen molar-refractivity contribution in [3.05, 3.63) is 71.7 Å². The topological polar surface area (TPSA) is 17.8 Å². The summed E-state index contributed by atoms with van der Waals surface area (Å²) in [7, 11) is 0. The monoisotopic (exact) mass is 286 g/mol. The Morgan fingerprint density at radius 2 is 1.55 bits per heavy atom. The van der Waals surface area contributed by atoms with E-state index < -0.39 is 0 Å². The van der Waals surface area contributed by atoms with Gasteiger partial charge >= 0.3 is 0 Å². The lowest BCUT2D eigenvalue weighted by atomic mass is 10.1. The van der Waals surface area contributed by atoms with E-state index in [1.165, 1.54) is 33.1 Å². The zero-order valence-electron chi connectivity index (χ0n) is 13.1. The number of rotatable bonds is 1. The first-order valence-electron chi connectivity index (χ1n) is 7.60. The molecule has 0 aliphatic rings. The third-order valence-electron chi connectivity index (χ3n) is 4.47. The van der Waals surface area contributed by atoms with Crippen LogP contribution in [0.5, 0.6) is 0 Å². The van der Waals surface area contributed by atoms with Crippen molar-refractivity contribution in [1.82, 2.24) is 9.55 Å². The number of hydrogen-bond donors (Lipinski definition) is 0. The normalized spacial score (nSPS) is 11.4. The Hall–Kier alpha value is -2.61. The molecule has 0 unspecified atom stereocenters. The van der Waals surface area contributed by atoms with E-state index >= 15 is 0 Å². The highest BCUT2D eigenvalue weighted by Gasteiger charge is 2.14. The molecule has 2 aromatic carbocycles. The Bertz CT molecular complexity index is 1010. The van der Waals surface area contributed by atoms with Gasteiger partial charge in [0.15, 0.2) is 0 Å². The maximum Gasteiger partial charge on any atom is 0.0712 e. The molecule has 22 heavy (non-hydrogen) atoms. The first-order chi connectivity index (χ1) is 10.7. The molecule has 4 rings (SSSR count). The summed E-state index contributed by atoms with van der Waals surface area (Å²) in [5, 5.41) is 3.77. The Morgan fingerprint density at radius 3 is 2.36 bits per heavy atom. The molecule has 108 valence electrons. The van der Waals surface area contributed by atoms with Crippen LogP contribution in [0.1, 0.15) is 17.0 Å². The van der Waals surface area contributed by atoms with E-state index in [0.29, 0.717) is 0 Å². The summed E-state index contributed by atoms with van der Waals surface area (Å²) in [6.07, 6.45) is 2.25. The molecule has 0 saturated carbocycles. The van der Waals surface area contributed by atoms with Crippen molar-refractivity contribution in [3.63, 3.8) is 0 Å². The molecule has 0 fully saturated rings. The molecule has 2 nitrogen and oxygen atoms in total. The highest BCUT2D eigenvalue weighted by Crippen LogP contribution is 2.32. The van der Waals surface area contributed by atoms with E-state index in [-0.39, 0.29) is 0 Å². The third-order valence-corrected chi connectivity index (χ3v) is 4.47. The second kappa shape index (κ2) is 4.70. The second-order valence-corrected chi connectivity index (χ2v) is 5.87. The maximum atomic E-state index is 4.78. The average molecular weight is 286 g/mol. The number of hydrogen-bond acceptors (Lipinski definition) is 1.